The molecular formula is C40H44N2O9. The van der Waals surface area contributed by atoms with Crippen molar-refractivity contribution in [1.82, 2.24) is 0 Å². The van der Waals surface area contributed by atoms with E-state index in [1.807, 2.05) is 25.1 Å². The summed E-state index contributed by atoms with van der Waals surface area (Å²) >= 11 is 0. The van der Waals surface area contributed by atoms with E-state index < -0.39 is 52.7 Å². The topological polar surface area (TPSA) is 161 Å². The maximum absolute atomic E-state index is 13.7. The number of nitrogens with zero attached hydrogens (tertiary/aromatic N) is 2. The lowest BCUT2D eigenvalue weighted by Gasteiger charge is -2.58. The molecule has 11 nitrogen and oxygen atoms in total. The highest BCUT2D eigenvalue weighted by Crippen LogP contribution is 2.66. The summed E-state index contributed by atoms with van der Waals surface area (Å²) in [5.74, 6) is -2.34. The van der Waals surface area contributed by atoms with Crippen molar-refractivity contribution in [3.8, 4) is 5.75 Å². The van der Waals surface area contributed by atoms with Crippen molar-refractivity contribution in [3.63, 3.8) is 0 Å². The average Bonchev–Trinajstić information content (AvgIpc) is 3.35. The Labute approximate surface area is 296 Å². The summed E-state index contributed by atoms with van der Waals surface area (Å²) in [5, 5.41) is 32.2. The number of ketones is 2. The van der Waals surface area contributed by atoms with E-state index in [1.54, 1.807) is 50.3 Å². The summed E-state index contributed by atoms with van der Waals surface area (Å²) in [6.45, 7) is 6.72. The Bertz CT molecular complexity index is 1900. The lowest BCUT2D eigenvalue weighted by atomic mass is 9.47. The van der Waals surface area contributed by atoms with E-state index in [2.05, 4.69) is 23.2 Å². The smallest absolute Gasteiger partial charge is 0.345 e. The molecule has 0 radical (unpaired) electrons. The lowest BCUT2D eigenvalue weighted by molar-refractivity contribution is -0.179. The number of carbonyl (C=O) groups is 4. The van der Waals surface area contributed by atoms with Gasteiger partial charge in [0.25, 0.3) is 0 Å². The molecule has 7 unspecified atom stereocenters. The number of azo groups is 1. The zero-order valence-electron chi connectivity index (χ0n) is 29.4. The molecule has 0 bridgehead atoms. The molecule has 2 saturated carbocycles. The summed E-state index contributed by atoms with van der Waals surface area (Å²) < 4.78 is 16.4. The molecule has 4 aliphatic carbocycles. The van der Waals surface area contributed by atoms with Crippen LogP contribution >= 0.6 is 0 Å². The van der Waals surface area contributed by atoms with Crippen molar-refractivity contribution in [1.29, 1.82) is 0 Å². The fourth-order valence-electron chi connectivity index (χ4n) is 9.60. The molecule has 11 heteroatoms. The number of carbonyl (C=O) groups excluding carboxylic acids is 4. The van der Waals surface area contributed by atoms with Gasteiger partial charge in [-0.2, -0.15) is 10.2 Å². The SMILES string of the molecule is CC1(C)OC(=O)c2cc(N=Nc3ccccc3CCC(=O)OCC(=O)C3(O)CCC4C5CC=C6CC(=O)C=CC6(C)C5C(O)CC43C)ccc2O1. The molecule has 2 N–H and O–H groups in total. The Hall–Kier alpha value is -4.48. The number of Topliss-reactive ketones (excluding diaryl/α,β-unsaturated/α-hetero) is 1. The standard InChI is InChI=1S/C40H44N2O9/c1-37(2)50-32-13-11-25(20-28(32)36(47)51-37)41-42-30-8-6-5-7-23(30)9-14-34(46)49-22-33(45)40(48)18-16-29-27-12-10-24-19-26(43)15-17-38(24,3)35(27)31(44)21-39(29,40)4/h5-8,10-11,13,15,17,20,27,29,31,35,44,48H,9,12,14,16,18-19,21-22H2,1-4H3. The third-order valence-corrected chi connectivity index (χ3v) is 12.2. The highest BCUT2D eigenvalue weighted by atomic mass is 16.7. The van der Waals surface area contributed by atoms with Crippen LogP contribution < -0.4 is 4.74 Å². The molecule has 2 fully saturated rings. The molecule has 2 aromatic rings. The third kappa shape index (κ3) is 6.04. The summed E-state index contributed by atoms with van der Waals surface area (Å²) in [5.41, 5.74) is -0.0922. The Balaban J connectivity index is 0.973. The molecule has 5 aliphatic rings. The number of fused-ring (bicyclic) bond motifs is 6. The molecule has 1 aliphatic heterocycles. The number of cyclic esters (lactones) is 1. The van der Waals surface area contributed by atoms with Crippen LogP contribution in [0, 0.1) is 28.6 Å². The number of hydrogen-bond donors (Lipinski definition) is 2. The second-order valence-electron chi connectivity index (χ2n) is 15.6. The third-order valence-electron chi connectivity index (χ3n) is 12.2. The van der Waals surface area contributed by atoms with Crippen LogP contribution in [0.15, 0.2) is 76.5 Å². The first-order valence-corrected chi connectivity index (χ1v) is 17.7. The van der Waals surface area contributed by atoms with E-state index in [-0.39, 0.29) is 54.8 Å². The molecule has 2 aromatic carbocycles. The fraction of sp³-hybridized carbons (Fsp3) is 0.500. The monoisotopic (exact) mass is 696 g/mol. The maximum Gasteiger partial charge on any atom is 0.345 e. The number of hydrogen-bond acceptors (Lipinski definition) is 11. The van der Waals surface area contributed by atoms with Gasteiger partial charge in [-0.05, 0) is 79.8 Å². The van der Waals surface area contributed by atoms with Crippen LogP contribution in [-0.4, -0.2) is 57.8 Å². The predicted molar refractivity (Wildman–Crippen MR) is 184 cm³/mol. The van der Waals surface area contributed by atoms with Gasteiger partial charge in [0.2, 0.25) is 11.6 Å². The molecule has 268 valence electrons. The van der Waals surface area contributed by atoms with E-state index in [0.29, 0.717) is 36.4 Å². The number of allylic oxidation sites excluding steroid dienone is 4. The number of aliphatic hydroxyl groups excluding tert-OH is 1. The minimum atomic E-state index is -1.74. The van der Waals surface area contributed by atoms with Crippen LogP contribution in [0.4, 0.5) is 11.4 Å². The number of aliphatic hydroxyl groups is 2. The first kappa shape index (κ1) is 34.9. The number of ether oxygens (including phenoxy) is 3. The Morgan fingerprint density at radius 3 is 2.63 bits per heavy atom. The van der Waals surface area contributed by atoms with Crippen LogP contribution in [0.2, 0.25) is 0 Å². The van der Waals surface area contributed by atoms with Crippen molar-refractivity contribution < 1.29 is 43.6 Å². The van der Waals surface area contributed by atoms with Crippen LogP contribution in [0.25, 0.3) is 0 Å². The quantitative estimate of drug-likeness (QED) is 0.180. The fourth-order valence-corrected chi connectivity index (χ4v) is 9.60. The zero-order chi connectivity index (χ0) is 36.3. The predicted octanol–water partition coefficient (Wildman–Crippen LogP) is 6.44. The average molecular weight is 697 g/mol. The molecule has 0 saturated heterocycles. The second-order valence-corrected chi connectivity index (χ2v) is 15.6. The summed E-state index contributed by atoms with van der Waals surface area (Å²) in [6.07, 6.45) is 7.30. The molecule has 0 amide bonds. The van der Waals surface area contributed by atoms with Gasteiger partial charge in [-0.15, -0.1) is 0 Å². The number of esters is 2. The first-order valence-electron chi connectivity index (χ1n) is 17.7. The van der Waals surface area contributed by atoms with Crippen LogP contribution in [-0.2, 0) is 30.3 Å². The normalized spacial score (nSPS) is 33.3. The van der Waals surface area contributed by atoms with Gasteiger partial charge in [0, 0.05) is 43.4 Å². The Kier molecular flexibility index (Phi) is 8.65. The number of benzene rings is 2. The van der Waals surface area contributed by atoms with Crippen molar-refractivity contribution in [3.05, 3.63) is 77.4 Å². The van der Waals surface area contributed by atoms with Crippen molar-refractivity contribution in [2.75, 3.05) is 6.61 Å². The van der Waals surface area contributed by atoms with Crippen LogP contribution in [0.5, 0.6) is 5.75 Å². The second kappa shape index (κ2) is 12.6. The summed E-state index contributed by atoms with van der Waals surface area (Å²) in [6, 6.07) is 12.1. The van der Waals surface area contributed by atoms with Gasteiger partial charge in [0.05, 0.1) is 17.5 Å². The first-order chi connectivity index (χ1) is 24.1. The minimum Gasteiger partial charge on any atom is -0.458 e. The van der Waals surface area contributed by atoms with Crippen molar-refractivity contribution >= 4 is 34.9 Å². The van der Waals surface area contributed by atoms with Gasteiger partial charge in [-0.3, -0.25) is 14.4 Å². The van der Waals surface area contributed by atoms with Crippen LogP contribution in [0.3, 0.4) is 0 Å². The zero-order valence-corrected chi connectivity index (χ0v) is 29.4. The Morgan fingerprint density at radius 1 is 1.04 bits per heavy atom. The van der Waals surface area contributed by atoms with Gasteiger partial charge in [0.15, 0.2) is 12.4 Å². The summed E-state index contributed by atoms with van der Waals surface area (Å²) in [4.78, 5) is 51.2. The molecule has 7 atom stereocenters. The van der Waals surface area contributed by atoms with E-state index in [4.69, 9.17) is 14.2 Å². The van der Waals surface area contributed by atoms with E-state index >= 15 is 0 Å². The van der Waals surface area contributed by atoms with Gasteiger partial charge >= 0.3 is 11.9 Å². The molecular weight excluding hydrogens is 652 g/mol. The van der Waals surface area contributed by atoms with Gasteiger partial charge < -0.3 is 24.4 Å². The molecule has 51 heavy (non-hydrogen) atoms. The Morgan fingerprint density at radius 2 is 1.82 bits per heavy atom. The molecule has 7 rings (SSSR count). The number of aryl methyl sites for hydroxylation is 1. The highest BCUT2D eigenvalue weighted by Gasteiger charge is 2.68. The maximum atomic E-state index is 13.7. The summed E-state index contributed by atoms with van der Waals surface area (Å²) in [7, 11) is 0. The van der Waals surface area contributed by atoms with E-state index in [0.717, 1.165) is 11.1 Å². The molecule has 1 heterocycles. The van der Waals surface area contributed by atoms with Gasteiger partial charge in [0.1, 0.15) is 16.9 Å². The lowest BCUT2D eigenvalue weighted by Crippen LogP contribution is -2.61. The van der Waals surface area contributed by atoms with Crippen LogP contribution in [0.1, 0.15) is 82.1 Å². The van der Waals surface area contributed by atoms with Crippen molar-refractivity contribution in [2.45, 2.75) is 90.1 Å². The van der Waals surface area contributed by atoms with Gasteiger partial charge in [-0.1, -0.05) is 49.8 Å². The number of rotatable bonds is 8. The van der Waals surface area contributed by atoms with Crippen molar-refractivity contribution in [2.24, 2.45) is 38.8 Å². The van der Waals surface area contributed by atoms with Gasteiger partial charge in [-0.25, -0.2) is 4.79 Å². The largest absolute Gasteiger partial charge is 0.458 e. The van der Waals surface area contributed by atoms with E-state index in [9.17, 15) is 29.4 Å². The molecule has 0 spiro atoms. The minimum absolute atomic E-state index is 0.0162. The highest BCUT2D eigenvalue weighted by molar-refractivity contribution is 5.95. The van der Waals surface area contributed by atoms with E-state index in [1.165, 1.54) is 0 Å². The molecule has 0 aromatic heterocycles.